The van der Waals surface area contributed by atoms with E-state index in [-0.39, 0.29) is 5.37 Å². The molecule has 0 amide bonds. The summed E-state index contributed by atoms with van der Waals surface area (Å²) in [6, 6.07) is 3.36. The second-order valence-electron chi connectivity index (χ2n) is 3.06. The number of carbonyl (C=O) groups is 1. The van der Waals surface area contributed by atoms with Gasteiger partial charge in [-0.25, -0.2) is 0 Å². The fourth-order valence-corrected chi connectivity index (χ4v) is 2.55. The summed E-state index contributed by atoms with van der Waals surface area (Å²) in [5, 5.41) is 11.9. The van der Waals surface area contributed by atoms with Gasteiger partial charge in [0.15, 0.2) is 0 Å². The van der Waals surface area contributed by atoms with Crippen LogP contribution in [0.3, 0.4) is 0 Å². The normalized spacial score (nSPS) is 26.3. The number of hydrogen-bond acceptors (Lipinski definition) is 4. The van der Waals surface area contributed by atoms with Crippen molar-refractivity contribution in [3.63, 3.8) is 0 Å². The zero-order valence-electron chi connectivity index (χ0n) is 7.38. The highest BCUT2D eigenvalue weighted by atomic mass is 32.2. The molecule has 4 nitrogen and oxygen atoms in total. The monoisotopic (exact) mass is 210 g/mol. The molecule has 0 unspecified atom stereocenters. The number of nitrogens with one attached hydrogen (secondary N) is 1. The van der Waals surface area contributed by atoms with Crippen LogP contribution in [0.4, 0.5) is 0 Å². The van der Waals surface area contributed by atoms with Crippen LogP contribution in [0.2, 0.25) is 0 Å². The van der Waals surface area contributed by atoms with Crippen LogP contribution >= 0.6 is 11.8 Å². The molecule has 74 valence electrons. The van der Waals surface area contributed by atoms with E-state index in [1.807, 2.05) is 12.1 Å². The summed E-state index contributed by atoms with van der Waals surface area (Å²) in [5.41, 5.74) is 1.03. The zero-order chi connectivity index (χ0) is 9.97. The minimum atomic E-state index is -0.788. The molecular formula is C9H10N2O2S. The van der Waals surface area contributed by atoms with Crippen LogP contribution in [0.25, 0.3) is 0 Å². The summed E-state index contributed by atoms with van der Waals surface area (Å²) < 4.78 is 0. The third-order valence-corrected chi connectivity index (χ3v) is 3.33. The Morgan fingerprint density at radius 2 is 2.57 bits per heavy atom. The molecule has 1 aliphatic rings. The first-order valence-corrected chi connectivity index (χ1v) is 5.32. The molecule has 1 aromatic heterocycles. The molecule has 0 radical (unpaired) electrons. The smallest absolute Gasteiger partial charge is 0.321 e. The Labute approximate surface area is 85.7 Å². The predicted octanol–water partition coefficient (Wildman–Crippen LogP) is 0.870. The van der Waals surface area contributed by atoms with E-state index >= 15 is 0 Å². The SMILES string of the molecule is O=C(O)[C@H]1CS[C@H](c2cccnc2)N1. The van der Waals surface area contributed by atoms with E-state index in [1.54, 1.807) is 24.2 Å². The largest absolute Gasteiger partial charge is 0.480 e. The van der Waals surface area contributed by atoms with Crippen molar-refractivity contribution < 1.29 is 9.90 Å². The Morgan fingerprint density at radius 3 is 3.14 bits per heavy atom. The lowest BCUT2D eigenvalue weighted by atomic mass is 10.2. The lowest BCUT2D eigenvalue weighted by Crippen LogP contribution is -2.33. The quantitative estimate of drug-likeness (QED) is 0.758. The van der Waals surface area contributed by atoms with E-state index in [4.69, 9.17) is 5.11 Å². The van der Waals surface area contributed by atoms with Gasteiger partial charge in [0.1, 0.15) is 6.04 Å². The number of carboxylic acids is 1. The van der Waals surface area contributed by atoms with Gasteiger partial charge in [-0.2, -0.15) is 0 Å². The van der Waals surface area contributed by atoms with Crippen LogP contribution in [0.5, 0.6) is 0 Å². The van der Waals surface area contributed by atoms with Crippen LogP contribution in [-0.2, 0) is 4.79 Å². The molecular weight excluding hydrogens is 200 g/mol. The highest BCUT2D eigenvalue weighted by molar-refractivity contribution is 7.99. The van der Waals surface area contributed by atoms with Gasteiger partial charge >= 0.3 is 5.97 Å². The number of rotatable bonds is 2. The van der Waals surface area contributed by atoms with Crippen molar-refractivity contribution in [2.75, 3.05) is 5.75 Å². The third kappa shape index (κ3) is 1.88. The van der Waals surface area contributed by atoms with E-state index in [9.17, 15) is 4.79 Å². The average molecular weight is 210 g/mol. The second-order valence-corrected chi connectivity index (χ2v) is 4.20. The maximum atomic E-state index is 10.7. The van der Waals surface area contributed by atoms with Gasteiger partial charge in [-0.1, -0.05) is 6.07 Å². The Morgan fingerprint density at radius 1 is 1.71 bits per heavy atom. The molecule has 2 atom stereocenters. The standard InChI is InChI=1S/C9H10N2O2S/c12-9(13)7-5-14-8(11-7)6-2-1-3-10-4-6/h1-4,7-8,11H,5H2,(H,12,13)/t7-,8-/m1/s1. The van der Waals surface area contributed by atoms with E-state index in [1.165, 1.54) is 0 Å². The highest BCUT2D eigenvalue weighted by Gasteiger charge is 2.30. The maximum Gasteiger partial charge on any atom is 0.321 e. The molecule has 5 heteroatoms. The molecule has 0 bridgehead atoms. The summed E-state index contributed by atoms with van der Waals surface area (Å²) in [4.78, 5) is 14.7. The van der Waals surface area contributed by atoms with Crippen molar-refractivity contribution in [2.45, 2.75) is 11.4 Å². The Balaban J connectivity index is 2.06. The van der Waals surface area contributed by atoms with Crippen molar-refractivity contribution in [1.29, 1.82) is 0 Å². The fraction of sp³-hybridized carbons (Fsp3) is 0.333. The van der Waals surface area contributed by atoms with Gasteiger partial charge in [-0.15, -0.1) is 11.8 Å². The van der Waals surface area contributed by atoms with Crippen LogP contribution in [0.1, 0.15) is 10.9 Å². The molecule has 1 aliphatic heterocycles. The van der Waals surface area contributed by atoms with Gasteiger partial charge < -0.3 is 5.11 Å². The van der Waals surface area contributed by atoms with E-state index in [2.05, 4.69) is 10.3 Å². The summed E-state index contributed by atoms with van der Waals surface area (Å²) in [6.07, 6.45) is 3.46. The van der Waals surface area contributed by atoms with Gasteiger partial charge in [-0.3, -0.25) is 15.1 Å². The molecule has 0 spiro atoms. The molecule has 1 saturated heterocycles. The molecule has 0 saturated carbocycles. The molecule has 2 heterocycles. The first-order chi connectivity index (χ1) is 6.77. The lowest BCUT2D eigenvalue weighted by Gasteiger charge is -2.09. The van der Waals surface area contributed by atoms with Crippen LogP contribution < -0.4 is 5.32 Å². The Bertz CT molecular complexity index is 331. The van der Waals surface area contributed by atoms with E-state index in [0.29, 0.717) is 5.75 Å². The number of aromatic nitrogens is 1. The van der Waals surface area contributed by atoms with Gasteiger partial charge in [0.05, 0.1) is 5.37 Å². The minimum absolute atomic E-state index is 0.0600. The summed E-state index contributed by atoms with van der Waals surface area (Å²) in [7, 11) is 0. The van der Waals surface area contributed by atoms with Gasteiger partial charge in [0.2, 0.25) is 0 Å². The summed E-state index contributed by atoms with van der Waals surface area (Å²) in [6.45, 7) is 0. The fourth-order valence-electron chi connectivity index (χ4n) is 1.34. The molecule has 1 fully saturated rings. The van der Waals surface area contributed by atoms with Gasteiger partial charge in [0.25, 0.3) is 0 Å². The van der Waals surface area contributed by atoms with E-state index in [0.717, 1.165) is 5.56 Å². The van der Waals surface area contributed by atoms with E-state index < -0.39 is 12.0 Å². The molecule has 2 rings (SSSR count). The van der Waals surface area contributed by atoms with Crippen molar-refractivity contribution in [2.24, 2.45) is 0 Å². The topological polar surface area (TPSA) is 62.2 Å². The summed E-state index contributed by atoms with van der Waals surface area (Å²) in [5.74, 6) is -0.182. The number of nitrogens with zero attached hydrogens (tertiary/aromatic N) is 1. The molecule has 0 aromatic carbocycles. The van der Waals surface area contributed by atoms with Crippen LogP contribution in [-0.4, -0.2) is 27.9 Å². The van der Waals surface area contributed by atoms with Crippen molar-refractivity contribution >= 4 is 17.7 Å². The van der Waals surface area contributed by atoms with Crippen LogP contribution in [0, 0.1) is 0 Å². The predicted molar refractivity (Wildman–Crippen MR) is 54.0 cm³/mol. The number of thioether (sulfide) groups is 1. The number of aliphatic carboxylic acids is 1. The van der Waals surface area contributed by atoms with Crippen molar-refractivity contribution in [1.82, 2.24) is 10.3 Å². The zero-order valence-corrected chi connectivity index (χ0v) is 8.20. The Kier molecular flexibility index (Phi) is 2.69. The number of hydrogen-bond donors (Lipinski definition) is 2. The summed E-state index contributed by atoms with van der Waals surface area (Å²) >= 11 is 1.60. The molecule has 2 N–H and O–H groups in total. The van der Waals surface area contributed by atoms with Crippen molar-refractivity contribution in [3.8, 4) is 0 Å². The highest BCUT2D eigenvalue weighted by Crippen LogP contribution is 2.31. The molecule has 14 heavy (non-hydrogen) atoms. The van der Waals surface area contributed by atoms with Crippen molar-refractivity contribution in [3.05, 3.63) is 30.1 Å². The molecule has 1 aromatic rings. The number of pyridine rings is 1. The second kappa shape index (κ2) is 3.98. The first kappa shape index (κ1) is 9.48. The first-order valence-electron chi connectivity index (χ1n) is 4.28. The third-order valence-electron chi connectivity index (χ3n) is 2.07. The minimum Gasteiger partial charge on any atom is -0.480 e. The lowest BCUT2D eigenvalue weighted by molar-refractivity contribution is -0.138. The maximum absolute atomic E-state index is 10.7. The average Bonchev–Trinajstić information content (AvgIpc) is 2.68. The Hall–Kier alpha value is -1.07. The van der Waals surface area contributed by atoms with Gasteiger partial charge in [0, 0.05) is 18.1 Å². The van der Waals surface area contributed by atoms with Crippen LogP contribution in [0.15, 0.2) is 24.5 Å². The number of carboxylic acid groups (broad SMARTS) is 1. The van der Waals surface area contributed by atoms with Gasteiger partial charge in [-0.05, 0) is 11.6 Å². The molecule has 0 aliphatic carbocycles.